The van der Waals surface area contributed by atoms with Crippen LogP contribution in [0.25, 0.3) is 5.69 Å². The minimum Gasteiger partial charge on any atom is -0.352 e. The Morgan fingerprint density at radius 3 is 2.79 bits per heavy atom. The van der Waals surface area contributed by atoms with Gasteiger partial charge >= 0.3 is 0 Å². The van der Waals surface area contributed by atoms with Gasteiger partial charge in [-0.2, -0.15) is 4.68 Å². The van der Waals surface area contributed by atoms with Crippen molar-refractivity contribution in [3.63, 3.8) is 0 Å². The number of nitrogens with one attached hydrogen (secondary N) is 1. The second-order valence-electron chi connectivity index (χ2n) is 4.38. The van der Waals surface area contributed by atoms with E-state index in [1.807, 2.05) is 30.3 Å². The molecule has 2 rings (SSSR count). The molecule has 1 atom stereocenters. The molecule has 1 aromatic carbocycles. The fourth-order valence-electron chi connectivity index (χ4n) is 1.88. The average molecular weight is 280 g/mol. The van der Waals surface area contributed by atoms with Gasteiger partial charge in [-0.05, 0) is 34.9 Å². The summed E-state index contributed by atoms with van der Waals surface area (Å²) in [7, 11) is 0. The summed E-state index contributed by atoms with van der Waals surface area (Å²) in [6.07, 6.45) is 2.09. The van der Waals surface area contributed by atoms with Crippen molar-refractivity contribution in [3.8, 4) is 5.69 Å². The Morgan fingerprint density at radius 1 is 1.32 bits per heavy atom. The predicted molar refractivity (Wildman–Crippen MR) is 76.8 cm³/mol. The number of hydrogen-bond acceptors (Lipinski definition) is 4. The van der Waals surface area contributed by atoms with Crippen LogP contribution < -0.4 is 5.32 Å². The number of anilines is 1. The van der Waals surface area contributed by atoms with Crippen LogP contribution in [-0.2, 0) is 0 Å². The fourth-order valence-corrected chi connectivity index (χ4v) is 2.19. The summed E-state index contributed by atoms with van der Waals surface area (Å²) < 4.78 is 1.70. The normalized spacial score (nSPS) is 12.3. The first-order valence-electron chi connectivity index (χ1n) is 6.48. The van der Waals surface area contributed by atoms with Crippen LogP contribution in [0.5, 0.6) is 0 Å². The molecule has 0 aliphatic rings. The molecule has 5 nitrogen and oxygen atoms in total. The van der Waals surface area contributed by atoms with Crippen LogP contribution in [0.1, 0.15) is 19.8 Å². The minimum atomic E-state index is 0.540. The van der Waals surface area contributed by atoms with Gasteiger partial charge in [0.05, 0.1) is 5.69 Å². The number of rotatable bonds is 7. The smallest absolute Gasteiger partial charge is 0.247 e. The first kappa shape index (κ1) is 13.8. The maximum atomic E-state index is 5.79. The largest absolute Gasteiger partial charge is 0.352 e. The number of halogens is 1. The predicted octanol–water partition coefficient (Wildman–Crippen LogP) is 2.73. The highest BCUT2D eigenvalue weighted by Gasteiger charge is 2.10. The highest BCUT2D eigenvalue weighted by Crippen LogP contribution is 2.13. The third-order valence-corrected chi connectivity index (χ3v) is 3.33. The number of hydrogen-bond donors (Lipinski definition) is 1. The molecule has 0 aliphatic heterocycles. The number of para-hydroxylation sites is 1. The molecule has 0 fully saturated rings. The van der Waals surface area contributed by atoms with E-state index in [4.69, 9.17) is 11.6 Å². The summed E-state index contributed by atoms with van der Waals surface area (Å²) in [5.74, 6) is 1.89. The van der Waals surface area contributed by atoms with Gasteiger partial charge in [-0.25, -0.2) is 0 Å². The number of benzene rings is 1. The molecule has 0 radical (unpaired) electrons. The van der Waals surface area contributed by atoms with Gasteiger partial charge in [0.2, 0.25) is 5.95 Å². The Labute approximate surface area is 118 Å². The lowest BCUT2D eigenvalue weighted by molar-refractivity contribution is 0.519. The van der Waals surface area contributed by atoms with Crippen molar-refractivity contribution >= 4 is 17.5 Å². The average Bonchev–Trinajstić information content (AvgIpc) is 2.93. The van der Waals surface area contributed by atoms with Gasteiger partial charge in [-0.15, -0.1) is 11.6 Å². The Bertz CT molecular complexity index is 485. The van der Waals surface area contributed by atoms with Crippen molar-refractivity contribution in [1.82, 2.24) is 20.2 Å². The topological polar surface area (TPSA) is 55.6 Å². The molecular weight excluding hydrogens is 262 g/mol. The van der Waals surface area contributed by atoms with Crippen LogP contribution in [0.4, 0.5) is 5.95 Å². The molecule has 2 aromatic rings. The summed E-state index contributed by atoms with van der Waals surface area (Å²) in [4.78, 5) is 0. The third-order valence-electron chi connectivity index (χ3n) is 3.11. The quantitative estimate of drug-likeness (QED) is 0.792. The highest BCUT2D eigenvalue weighted by molar-refractivity contribution is 6.17. The summed E-state index contributed by atoms with van der Waals surface area (Å²) in [6.45, 7) is 3.00. The van der Waals surface area contributed by atoms with Crippen molar-refractivity contribution in [2.45, 2.75) is 19.8 Å². The molecule has 0 amide bonds. The van der Waals surface area contributed by atoms with Gasteiger partial charge in [0.25, 0.3) is 0 Å². The molecule has 1 N–H and O–H groups in total. The molecular formula is C13H18ClN5. The van der Waals surface area contributed by atoms with Gasteiger partial charge in [-0.1, -0.05) is 36.6 Å². The van der Waals surface area contributed by atoms with Crippen LogP contribution in [0.3, 0.4) is 0 Å². The first-order chi connectivity index (χ1) is 9.35. The van der Waals surface area contributed by atoms with E-state index in [2.05, 4.69) is 27.8 Å². The minimum absolute atomic E-state index is 0.540. The molecule has 0 aliphatic carbocycles. The van der Waals surface area contributed by atoms with E-state index in [0.29, 0.717) is 17.7 Å². The van der Waals surface area contributed by atoms with Crippen LogP contribution in [0.15, 0.2) is 30.3 Å². The van der Waals surface area contributed by atoms with Crippen molar-refractivity contribution in [3.05, 3.63) is 30.3 Å². The molecule has 6 heteroatoms. The van der Waals surface area contributed by atoms with E-state index in [1.54, 1.807) is 4.68 Å². The van der Waals surface area contributed by atoms with Crippen molar-refractivity contribution in [2.24, 2.45) is 5.92 Å². The van der Waals surface area contributed by atoms with Gasteiger partial charge in [0.15, 0.2) is 0 Å². The number of tetrazole rings is 1. The highest BCUT2D eigenvalue weighted by atomic mass is 35.5. The first-order valence-corrected chi connectivity index (χ1v) is 7.02. The van der Waals surface area contributed by atoms with E-state index < -0.39 is 0 Å². The second kappa shape index (κ2) is 7.09. The lowest BCUT2D eigenvalue weighted by atomic mass is 10.0. The zero-order valence-corrected chi connectivity index (χ0v) is 11.7. The van der Waals surface area contributed by atoms with Crippen molar-refractivity contribution in [1.29, 1.82) is 0 Å². The number of aromatic nitrogens is 4. The monoisotopic (exact) mass is 279 g/mol. The Morgan fingerprint density at radius 2 is 2.11 bits per heavy atom. The zero-order valence-electron chi connectivity index (χ0n) is 11.0. The molecule has 0 bridgehead atoms. The van der Waals surface area contributed by atoms with Crippen LogP contribution in [0, 0.1) is 5.92 Å². The maximum Gasteiger partial charge on any atom is 0.247 e. The fraction of sp³-hybridized carbons (Fsp3) is 0.462. The molecule has 0 saturated heterocycles. The van der Waals surface area contributed by atoms with Gasteiger partial charge in [0, 0.05) is 12.4 Å². The number of nitrogens with zero attached hydrogens (tertiary/aromatic N) is 4. The molecule has 0 saturated carbocycles. The Balaban J connectivity index is 2.04. The summed E-state index contributed by atoms with van der Waals surface area (Å²) in [5.41, 5.74) is 0.945. The molecule has 19 heavy (non-hydrogen) atoms. The summed E-state index contributed by atoms with van der Waals surface area (Å²) >= 11 is 5.79. The van der Waals surface area contributed by atoms with Gasteiger partial charge in [0.1, 0.15) is 0 Å². The van der Waals surface area contributed by atoms with Crippen LogP contribution in [-0.4, -0.2) is 32.6 Å². The lowest BCUT2D eigenvalue weighted by Crippen LogP contribution is -2.17. The van der Waals surface area contributed by atoms with Crippen LogP contribution >= 0.6 is 11.6 Å². The SMILES string of the molecule is CCC(CCCl)CNc1nnnn1-c1ccccc1. The second-order valence-corrected chi connectivity index (χ2v) is 4.76. The molecule has 1 aromatic heterocycles. The summed E-state index contributed by atoms with van der Waals surface area (Å²) in [5, 5.41) is 15.0. The van der Waals surface area contributed by atoms with Crippen molar-refractivity contribution < 1.29 is 0 Å². The van der Waals surface area contributed by atoms with Crippen molar-refractivity contribution in [2.75, 3.05) is 17.7 Å². The van der Waals surface area contributed by atoms with E-state index in [0.717, 1.165) is 25.1 Å². The standard InChI is InChI=1S/C13H18ClN5/c1-2-11(8-9-14)10-15-13-16-17-18-19(13)12-6-4-3-5-7-12/h3-7,11H,2,8-10H2,1H3,(H,15,16,18). The molecule has 1 unspecified atom stereocenters. The molecule has 102 valence electrons. The Kier molecular flexibility index (Phi) is 5.15. The lowest BCUT2D eigenvalue weighted by Gasteiger charge is -2.14. The summed E-state index contributed by atoms with van der Waals surface area (Å²) in [6, 6.07) is 9.83. The van der Waals surface area contributed by atoms with E-state index in [-0.39, 0.29) is 0 Å². The maximum absolute atomic E-state index is 5.79. The zero-order chi connectivity index (χ0) is 13.5. The van der Waals surface area contributed by atoms with Gasteiger partial charge in [-0.3, -0.25) is 0 Å². The van der Waals surface area contributed by atoms with E-state index >= 15 is 0 Å². The number of alkyl halides is 1. The Hall–Kier alpha value is -1.62. The van der Waals surface area contributed by atoms with E-state index in [9.17, 15) is 0 Å². The van der Waals surface area contributed by atoms with Crippen LogP contribution in [0.2, 0.25) is 0 Å². The van der Waals surface area contributed by atoms with Gasteiger partial charge < -0.3 is 5.32 Å². The molecule has 0 spiro atoms. The van der Waals surface area contributed by atoms with E-state index in [1.165, 1.54) is 0 Å². The third kappa shape index (κ3) is 3.67. The molecule has 1 heterocycles.